The highest BCUT2D eigenvalue weighted by molar-refractivity contribution is 6.07. The van der Waals surface area contributed by atoms with Crippen molar-refractivity contribution in [3.63, 3.8) is 0 Å². The monoisotopic (exact) mass is 314 g/mol. The first-order valence-corrected chi connectivity index (χ1v) is 7.48. The Morgan fingerprint density at radius 1 is 1.09 bits per heavy atom. The summed E-state index contributed by atoms with van der Waals surface area (Å²) in [6.07, 6.45) is 0.939. The van der Waals surface area contributed by atoms with Crippen LogP contribution in [0.5, 0.6) is 0 Å². The Labute approximate surface area is 136 Å². The zero-order valence-electron chi connectivity index (χ0n) is 12.5. The van der Waals surface area contributed by atoms with Crippen molar-refractivity contribution in [2.45, 2.75) is 32.5 Å². The molecule has 4 heteroatoms. The minimum atomic E-state index is 0. The average Bonchev–Trinajstić information content (AvgIpc) is 3.08. The molecule has 1 atom stereocenters. The summed E-state index contributed by atoms with van der Waals surface area (Å²) in [5.41, 5.74) is 5.68. The maximum atomic E-state index is 12.9. The van der Waals surface area contributed by atoms with Gasteiger partial charge in [-0.1, -0.05) is 24.3 Å². The van der Waals surface area contributed by atoms with Crippen molar-refractivity contribution in [3.05, 3.63) is 64.7 Å². The van der Waals surface area contributed by atoms with Gasteiger partial charge in [0.15, 0.2) is 0 Å². The number of amides is 1. The van der Waals surface area contributed by atoms with Crippen LogP contribution in [0.1, 0.15) is 34.0 Å². The number of halogens is 1. The van der Waals surface area contributed by atoms with Crippen LogP contribution in [0.3, 0.4) is 0 Å². The van der Waals surface area contributed by atoms with E-state index < -0.39 is 0 Å². The second kappa shape index (κ2) is 5.75. The fourth-order valence-electron chi connectivity index (χ4n) is 3.44. The van der Waals surface area contributed by atoms with E-state index in [1.807, 2.05) is 35.2 Å². The summed E-state index contributed by atoms with van der Waals surface area (Å²) in [5, 5.41) is 3.32. The van der Waals surface area contributed by atoms with Gasteiger partial charge in [-0.2, -0.15) is 0 Å². The standard InChI is InChI=1S/C18H18N2O.ClH/c1-12-8-13-4-2-3-5-17(13)20(12)18(21)14-6-7-15-10-19-11-16(15)9-14;/h2-7,9,12,19H,8,10-11H2,1H3;1H. The van der Waals surface area contributed by atoms with Gasteiger partial charge in [0.1, 0.15) is 0 Å². The van der Waals surface area contributed by atoms with E-state index in [1.165, 1.54) is 16.7 Å². The number of benzene rings is 2. The largest absolute Gasteiger partial charge is 0.309 e. The molecule has 1 amide bonds. The first-order valence-electron chi connectivity index (χ1n) is 7.48. The SMILES string of the molecule is CC1Cc2ccccc2N1C(=O)c1ccc2c(c1)CNC2.Cl. The van der Waals surface area contributed by atoms with Crippen LogP contribution >= 0.6 is 12.4 Å². The van der Waals surface area contributed by atoms with Crippen LogP contribution in [0, 0.1) is 0 Å². The van der Waals surface area contributed by atoms with E-state index >= 15 is 0 Å². The molecule has 1 unspecified atom stereocenters. The van der Waals surface area contributed by atoms with Gasteiger partial charge in [0.25, 0.3) is 5.91 Å². The zero-order chi connectivity index (χ0) is 14.4. The number of para-hydroxylation sites is 1. The maximum absolute atomic E-state index is 12.9. The molecule has 0 fully saturated rings. The molecule has 3 nitrogen and oxygen atoms in total. The Balaban J connectivity index is 0.00000144. The van der Waals surface area contributed by atoms with E-state index in [4.69, 9.17) is 0 Å². The normalized spacial score (nSPS) is 18.6. The third-order valence-electron chi connectivity index (χ3n) is 4.51. The van der Waals surface area contributed by atoms with E-state index in [0.29, 0.717) is 0 Å². The Bertz CT molecular complexity index is 729. The van der Waals surface area contributed by atoms with Gasteiger partial charge in [0, 0.05) is 30.4 Å². The summed E-state index contributed by atoms with van der Waals surface area (Å²) in [4.78, 5) is 14.9. The molecule has 114 valence electrons. The lowest BCUT2D eigenvalue weighted by Gasteiger charge is -2.23. The molecule has 2 aliphatic heterocycles. The molecule has 0 aliphatic carbocycles. The Morgan fingerprint density at radius 2 is 1.86 bits per heavy atom. The van der Waals surface area contributed by atoms with Crippen molar-refractivity contribution in [1.82, 2.24) is 5.32 Å². The van der Waals surface area contributed by atoms with E-state index in [9.17, 15) is 4.79 Å². The highest BCUT2D eigenvalue weighted by Gasteiger charge is 2.31. The number of hydrogen-bond acceptors (Lipinski definition) is 2. The number of nitrogens with zero attached hydrogens (tertiary/aromatic N) is 1. The summed E-state index contributed by atoms with van der Waals surface area (Å²) < 4.78 is 0. The molecule has 0 spiro atoms. The molecule has 0 bridgehead atoms. The number of anilines is 1. The van der Waals surface area contributed by atoms with Crippen LogP contribution in [0.4, 0.5) is 5.69 Å². The van der Waals surface area contributed by atoms with Gasteiger partial charge in [-0.25, -0.2) is 0 Å². The number of hydrogen-bond donors (Lipinski definition) is 1. The summed E-state index contributed by atoms with van der Waals surface area (Å²) in [7, 11) is 0. The minimum absolute atomic E-state index is 0. The minimum Gasteiger partial charge on any atom is -0.309 e. The topological polar surface area (TPSA) is 32.3 Å². The fraction of sp³-hybridized carbons (Fsp3) is 0.278. The van der Waals surface area contributed by atoms with Crippen molar-refractivity contribution in [3.8, 4) is 0 Å². The Hall–Kier alpha value is -1.84. The number of carbonyl (C=O) groups excluding carboxylic acids is 1. The van der Waals surface area contributed by atoms with Crippen molar-refractivity contribution in [2.75, 3.05) is 4.90 Å². The Morgan fingerprint density at radius 3 is 2.73 bits per heavy atom. The number of fused-ring (bicyclic) bond motifs is 2. The average molecular weight is 315 g/mol. The van der Waals surface area contributed by atoms with E-state index in [0.717, 1.165) is 30.8 Å². The van der Waals surface area contributed by atoms with E-state index in [-0.39, 0.29) is 24.4 Å². The maximum Gasteiger partial charge on any atom is 0.258 e. The number of rotatable bonds is 1. The van der Waals surface area contributed by atoms with Gasteiger partial charge >= 0.3 is 0 Å². The van der Waals surface area contributed by atoms with E-state index in [2.05, 4.69) is 24.4 Å². The van der Waals surface area contributed by atoms with Gasteiger partial charge in [0.05, 0.1) is 0 Å². The van der Waals surface area contributed by atoms with Crippen LogP contribution in [-0.2, 0) is 19.5 Å². The predicted molar refractivity (Wildman–Crippen MR) is 90.7 cm³/mol. The molecule has 2 aromatic rings. The van der Waals surface area contributed by atoms with Crippen LogP contribution in [0.2, 0.25) is 0 Å². The van der Waals surface area contributed by atoms with Gasteiger partial charge < -0.3 is 10.2 Å². The summed E-state index contributed by atoms with van der Waals surface area (Å²) >= 11 is 0. The van der Waals surface area contributed by atoms with Crippen LogP contribution in [0.25, 0.3) is 0 Å². The molecule has 0 saturated heterocycles. The molecule has 1 N–H and O–H groups in total. The molecule has 2 aliphatic rings. The molecule has 4 rings (SSSR count). The van der Waals surface area contributed by atoms with Crippen molar-refractivity contribution in [1.29, 1.82) is 0 Å². The molecular formula is C18H19ClN2O. The number of carbonyl (C=O) groups is 1. The molecule has 0 saturated carbocycles. The smallest absolute Gasteiger partial charge is 0.258 e. The zero-order valence-corrected chi connectivity index (χ0v) is 13.3. The van der Waals surface area contributed by atoms with Crippen molar-refractivity contribution >= 4 is 24.0 Å². The third kappa shape index (κ3) is 2.31. The Kier molecular flexibility index (Phi) is 3.94. The van der Waals surface area contributed by atoms with E-state index in [1.54, 1.807) is 0 Å². The molecular weight excluding hydrogens is 296 g/mol. The molecule has 22 heavy (non-hydrogen) atoms. The first kappa shape index (κ1) is 15.1. The second-order valence-electron chi connectivity index (χ2n) is 5.94. The molecule has 0 radical (unpaired) electrons. The van der Waals surface area contributed by atoms with Gasteiger partial charge in [-0.05, 0) is 48.2 Å². The lowest BCUT2D eigenvalue weighted by molar-refractivity contribution is 0.0981. The highest BCUT2D eigenvalue weighted by Crippen LogP contribution is 2.33. The van der Waals surface area contributed by atoms with Gasteiger partial charge in [0.2, 0.25) is 0 Å². The summed E-state index contributed by atoms with van der Waals surface area (Å²) in [6, 6.07) is 14.5. The number of nitrogens with one attached hydrogen (secondary N) is 1. The van der Waals surface area contributed by atoms with Crippen molar-refractivity contribution in [2.24, 2.45) is 0 Å². The van der Waals surface area contributed by atoms with Crippen LogP contribution in [-0.4, -0.2) is 11.9 Å². The predicted octanol–water partition coefficient (Wildman–Crippen LogP) is 3.30. The summed E-state index contributed by atoms with van der Waals surface area (Å²) in [6.45, 7) is 3.89. The molecule has 2 aromatic carbocycles. The molecule has 0 aromatic heterocycles. The van der Waals surface area contributed by atoms with Gasteiger partial charge in [-0.15, -0.1) is 12.4 Å². The summed E-state index contributed by atoms with van der Waals surface area (Å²) in [5.74, 6) is 0.113. The first-order chi connectivity index (χ1) is 10.2. The lowest BCUT2D eigenvalue weighted by Crippen LogP contribution is -2.35. The lowest BCUT2D eigenvalue weighted by atomic mass is 10.1. The quantitative estimate of drug-likeness (QED) is 0.876. The fourth-order valence-corrected chi connectivity index (χ4v) is 3.44. The second-order valence-corrected chi connectivity index (χ2v) is 5.94. The van der Waals surface area contributed by atoms with Crippen LogP contribution < -0.4 is 10.2 Å². The highest BCUT2D eigenvalue weighted by atomic mass is 35.5. The van der Waals surface area contributed by atoms with Crippen LogP contribution in [0.15, 0.2) is 42.5 Å². The third-order valence-corrected chi connectivity index (χ3v) is 4.51. The van der Waals surface area contributed by atoms with Crippen molar-refractivity contribution < 1.29 is 4.79 Å². The molecule has 2 heterocycles. The van der Waals surface area contributed by atoms with Gasteiger partial charge in [-0.3, -0.25) is 4.79 Å².